The predicted octanol–water partition coefficient (Wildman–Crippen LogP) is 1.58. The minimum absolute atomic E-state index is 0.0426. The van der Waals surface area contributed by atoms with Crippen LogP contribution in [-0.2, 0) is 0 Å². The van der Waals surface area contributed by atoms with Crippen molar-refractivity contribution in [3.63, 3.8) is 0 Å². The topological polar surface area (TPSA) is 82.1 Å². The summed E-state index contributed by atoms with van der Waals surface area (Å²) in [4.78, 5) is 10.3. The van der Waals surface area contributed by atoms with Gasteiger partial charge in [-0.3, -0.25) is 10.1 Å². The van der Waals surface area contributed by atoms with Crippen LogP contribution in [0.5, 0.6) is 0 Å². The molecule has 1 fully saturated rings. The first kappa shape index (κ1) is 10.7. The molecular formula is C10H13N3O3. The molecule has 0 aliphatic heterocycles. The van der Waals surface area contributed by atoms with Crippen LogP contribution in [0.4, 0.5) is 11.4 Å². The van der Waals surface area contributed by atoms with Crippen molar-refractivity contribution >= 4 is 11.4 Å². The fourth-order valence-electron chi connectivity index (χ4n) is 2.03. The number of pyridine rings is 1. The average Bonchev–Trinajstić information content (AvgIpc) is 2.70. The highest BCUT2D eigenvalue weighted by Gasteiger charge is 2.22. The van der Waals surface area contributed by atoms with Gasteiger partial charge in [0.15, 0.2) is 11.9 Å². The SMILES string of the molecule is O=[N+]([O-])c1cc[n+]([O-])cc1NC1CCCC1. The van der Waals surface area contributed by atoms with Crippen molar-refractivity contribution in [1.29, 1.82) is 0 Å². The maximum absolute atomic E-state index is 11.1. The maximum atomic E-state index is 11.1. The highest BCUT2D eigenvalue weighted by molar-refractivity contribution is 5.58. The number of rotatable bonds is 3. The zero-order valence-electron chi connectivity index (χ0n) is 8.76. The quantitative estimate of drug-likeness (QED) is 0.365. The molecule has 0 saturated heterocycles. The van der Waals surface area contributed by atoms with E-state index in [2.05, 4.69) is 5.32 Å². The number of nitro groups is 1. The molecule has 6 heteroatoms. The van der Waals surface area contributed by atoms with Crippen molar-refractivity contribution in [3.8, 4) is 0 Å². The molecular weight excluding hydrogens is 210 g/mol. The molecule has 0 unspecified atom stereocenters. The molecule has 0 amide bonds. The Bertz CT molecular complexity index is 402. The van der Waals surface area contributed by atoms with Crippen molar-refractivity contribution in [2.75, 3.05) is 5.32 Å². The summed E-state index contributed by atoms with van der Waals surface area (Å²) in [5.74, 6) is 0. The van der Waals surface area contributed by atoms with Gasteiger partial charge in [-0.15, -0.1) is 0 Å². The van der Waals surface area contributed by atoms with Gasteiger partial charge in [0, 0.05) is 6.04 Å². The molecule has 0 aromatic carbocycles. The van der Waals surface area contributed by atoms with Gasteiger partial charge in [-0.05, 0) is 12.8 Å². The molecule has 1 aliphatic rings. The van der Waals surface area contributed by atoms with Gasteiger partial charge in [-0.1, -0.05) is 12.8 Å². The van der Waals surface area contributed by atoms with Crippen molar-refractivity contribution in [1.82, 2.24) is 0 Å². The van der Waals surface area contributed by atoms with Gasteiger partial charge in [-0.2, -0.15) is 4.73 Å². The van der Waals surface area contributed by atoms with Crippen molar-refractivity contribution in [3.05, 3.63) is 33.8 Å². The van der Waals surface area contributed by atoms with Crippen LogP contribution in [-0.4, -0.2) is 11.0 Å². The van der Waals surface area contributed by atoms with Gasteiger partial charge in [0.05, 0.1) is 11.0 Å². The maximum Gasteiger partial charge on any atom is 0.304 e. The zero-order valence-corrected chi connectivity index (χ0v) is 8.76. The first-order chi connectivity index (χ1) is 7.66. The highest BCUT2D eigenvalue weighted by Crippen LogP contribution is 2.27. The fraction of sp³-hybridized carbons (Fsp3) is 0.500. The first-order valence-corrected chi connectivity index (χ1v) is 5.30. The Morgan fingerprint density at radius 1 is 1.44 bits per heavy atom. The Balaban J connectivity index is 2.22. The summed E-state index contributed by atoms with van der Waals surface area (Å²) in [6, 6.07) is 1.48. The molecule has 6 nitrogen and oxygen atoms in total. The van der Waals surface area contributed by atoms with E-state index < -0.39 is 4.92 Å². The van der Waals surface area contributed by atoms with Crippen LogP contribution in [0.15, 0.2) is 18.5 Å². The Kier molecular flexibility index (Phi) is 2.89. The summed E-state index contributed by atoms with van der Waals surface area (Å²) in [7, 11) is 0. The van der Waals surface area contributed by atoms with Crippen LogP contribution >= 0.6 is 0 Å². The molecule has 1 saturated carbocycles. The number of nitrogens with zero attached hydrogens (tertiary/aromatic N) is 2. The largest absolute Gasteiger partial charge is 0.619 e. The van der Waals surface area contributed by atoms with Crippen molar-refractivity contribution in [2.24, 2.45) is 0 Å². The second-order valence-corrected chi connectivity index (χ2v) is 3.99. The van der Waals surface area contributed by atoms with E-state index in [-0.39, 0.29) is 11.7 Å². The minimum atomic E-state index is -0.475. The summed E-state index contributed by atoms with van der Waals surface area (Å²) in [6.45, 7) is 0. The molecule has 0 bridgehead atoms. The zero-order chi connectivity index (χ0) is 11.5. The summed E-state index contributed by atoms with van der Waals surface area (Å²) in [6.07, 6.45) is 6.63. The lowest BCUT2D eigenvalue weighted by Crippen LogP contribution is -2.27. The minimum Gasteiger partial charge on any atom is -0.619 e. The number of anilines is 1. The molecule has 1 aromatic heterocycles. The van der Waals surface area contributed by atoms with Crippen molar-refractivity contribution < 1.29 is 9.65 Å². The molecule has 0 spiro atoms. The number of hydrogen-bond donors (Lipinski definition) is 1. The molecule has 1 heterocycles. The van der Waals surface area contributed by atoms with Gasteiger partial charge in [0.2, 0.25) is 6.20 Å². The van der Waals surface area contributed by atoms with E-state index in [0.29, 0.717) is 10.4 Å². The van der Waals surface area contributed by atoms with E-state index in [4.69, 9.17) is 0 Å². The van der Waals surface area contributed by atoms with Crippen LogP contribution in [0.3, 0.4) is 0 Å². The second-order valence-electron chi connectivity index (χ2n) is 3.99. The van der Waals surface area contributed by atoms with Gasteiger partial charge in [-0.25, -0.2) is 0 Å². The smallest absolute Gasteiger partial charge is 0.304 e. The van der Waals surface area contributed by atoms with Crippen LogP contribution in [0.2, 0.25) is 0 Å². The lowest BCUT2D eigenvalue weighted by Gasteiger charge is -2.12. The summed E-state index contributed by atoms with van der Waals surface area (Å²) < 4.78 is 0.574. The molecule has 2 rings (SSSR count). The monoisotopic (exact) mass is 223 g/mol. The van der Waals surface area contributed by atoms with Crippen LogP contribution < -0.4 is 10.0 Å². The highest BCUT2D eigenvalue weighted by atomic mass is 16.6. The van der Waals surface area contributed by atoms with Crippen LogP contribution in [0.1, 0.15) is 25.7 Å². The third kappa shape index (κ3) is 2.21. The lowest BCUT2D eigenvalue weighted by molar-refractivity contribution is -0.605. The molecule has 86 valence electrons. The van der Waals surface area contributed by atoms with E-state index in [1.165, 1.54) is 12.3 Å². The summed E-state index contributed by atoms with van der Waals surface area (Å²) in [5, 5.41) is 24.9. The number of aromatic nitrogens is 1. The molecule has 1 N–H and O–H groups in total. The Morgan fingerprint density at radius 3 is 2.75 bits per heavy atom. The van der Waals surface area contributed by atoms with Crippen LogP contribution in [0.25, 0.3) is 0 Å². The van der Waals surface area contributed by atoms with E-state index >= 15 is 0 Å². The molecule has 1 aromatic rings. The van der Waals surface area contributed by atoms with Gasteiger partial charge in [0.1, 0.15) is 0 Å². The van der Waals surface area contributed by atoms with E-state index in [9.17, 15) is 15.3 Å². The lowest BCUT2D eigenvalue weighted by atomic mass is 10.2. The third-order valence-corrected chi connectivity index (χ3v) is 2.82. The first-order valence-electron chi connectivity index (χ1n) is 5.30. The standard InChI is InChI=1S/C10H13N3O3/c14-12-6-5-10(13(15)16)9(7-12)11-8-3-1-2-4-8/h5-8,11H,1-4H2. The fourth-order valence-corrected chi connectivity index (χ4v) is 2.03. The van der Waals surface area contributed by atoms with Crippen molar-refractivity contribution in [2.45, 2.75) is 31.7 Å². The number of nitrogens with one attached hydrogen (secondary N) is 1. The Labute approximate surface area is 92.6 Å². The third-order valence-electron chi connectivity index (χ3n) is 2.82. The van der Waals surface area contributed by atoms with Gasteiger partial charge >= 0.3 is 5.69 Å². The molecule has 1 aliphatic carbocycles. The average molecular weight is 223 g/mol. The molecule has 16 heavy (non-hydrogen) atoms. The Morgan fingerprint density at radius 2 is 2.12 bits per heavy atom. The van der Waals surface area contributed by atoms with Gasteiger partial charge in [0.25, 0.3) is 0 Å². The Hall–Kier alpha value is -1.85. The number of hydrogen-bond acceptors (Lipinski definition) is 4. The second kappa shape index (κ2) is 4.34. The van der Waals surface area contributed by atoms with E-state index in [1.54, 1.807) is 0 Å². The van der Waals surface area contributed by atoms with Crippen LogP contribution in [0, 0.1) is 15.3 Å². The molecule has 0 radical (unpaired) electrons. The van der Waals surface area contributed by atoms with Gasteiger partial charge < -0.3 is 10.5 Å². The predicted molar refractivity (Wildman–Crippen MR) is 57.9 cm³/mol. The van der Waals surface area contributed by atoms with E-state index in [1.807, 2.05) is 0 Å². The van der Waals surface area contributed by atoms with E-state index in [0.717, 1.165) is 31.9 Å². The normalized spacial score (nSPS) is 16.2. The summed E-state index contributed by atoms with van der Waals surface area (Å²) >= 11 is 0. The summed E-state index contributed by atoms with van der Waals surface area (Å²) in [5.41, 5.74) is 0.272. The molecule has 0 atom stereocenters.